The highest BCUT2D eigenvalue weighted by Crippen LogP contribution is 2.39. The quantitative estimate of drug-likeness (QED) is 0.0908. The van der Waals surface area contributed by atoms with E-state index in [0.29, 0.717) is 18.5 Å². The number of carboxylic acids is 1. The average Bonchev–Trinajstić information content (AvgIpc) is 3.08. The van der Waals surface area contributed by atoms with Gasteiger partial charge in [0.25, 0.3) is 0 Å². The highest BCUT2D eigenvalue weighted by Gasteiger charge is 2.67. The number of phenolic OH excluding ortho intramolecular Hbond substituents is 1. The number of hydrogen-bond acceptors (Lipinski definition) is 11. The van der Waals surface area contributed by atoms with Crippen LogP contribution in [0, 0.1) is 5.92 Å². The molecule has 1 aliphatic rings. The van der Waals surface area contributed by atoms with Crippen molar-refractivity contribution >= 4 is 29.3 Å². The van der Waals surface area contributed by atoms with Crippen molar-refractivity contribution in [2.45, 2.75) is 49.5 Å². The second-order valence-electron chi connectivity index (χ2n) is 12.0. The third-order valence-corrected chi connectivity index (χ3v) is 8.54. The summed E-state index contributed by atoms with van der Waals surface area (Å²) in [6.45, 7) is 1.84. The molecule has 6 atom stereocenters. The van der Waals surface area contributed by atoms with E-state index >= 15 is 0 Å². The number of aliphatic hydroxyl groups excluding tert-OH is 1. The smallest absolute Gasteiger partial charge is 0.335 e. The summed E-state index contributed by atoms with van der Waals surface area (Å²) in [4.78, 5) is 37.4. The second kappa shape index (κ2) is 14.5. The maximum Gasteiger partial charge on any atom is 0.335 e. The molecule has 12 nitrogen and oxygen atoms in total. The Morgan fingerprint density at radius 3 is 2.50 bits per heavy atom. The van der Waals surface area contributed by atoms with Crippen molar-refractivity contribution in [3.63, 3.8) is 0 Å². The predicted molar refractivity (Wildman–Crippen MR) is 175 cm³/mol. The van der Waals surface area contributed by atoms with Crippen LogP contribution in [0.1, 0.15) is 25.3 Å². The molecular formula is C36H37NO11. The van der Waals surface area contributed by atoms with Gasteiger partial charge in [-0.05, 0) is 60.7 Å². The molecule has 1 saturated heterocycles. The van der Waals surface area contributed by atoms with Gasteiger partial charge in [-0.2, -0.15) is 0 Å². The minimum absolute atomic E-state index is 0.0338. The molecule has 3 aromatic carbocycles. The molecule has 5 rings (SSSR count). The first-order valence-corrected chi connectivity index (χ1v) is 15.4. The van der Waals surface area contributed by atoms with Gasteiger partial charge < -0.3 is 44.7 Å². The lowest BCUT2D eigenvalue weighted by molar-refractivity contribution is -0.334. The molecule has 1 aliphatic heterocycles. The van der Waals surface area contributed by atoms with Gasteiger partial charge in [0.05, 0.1) is 10.9 Å². The Kier molecular flexibility index (Phi) is 10.4. The summed E-state index contributed by atoms with van der Waals surface area (Å²) in [5, 5.41) is 56.2. The molecule has 0 radical (unpaired) electrons. The fourth-order valence-electron chi connectivity index (χ4n) is 5.60. The predicted octanol–water partition coefficient (Wildman–Crippen LogP) is 3.10. The number of carboxylic acid groups (broad SMARTS) is 1. The maximum absolute atomic E-state index is 13.2. The number of hydrogen-bond donors (Lipinski definition) is 6. The first-order chi connectivity index (χ1) is 23.0. The zero-order valence-electron chi connectivity index (χ0n) is 26.1. The highest BCUT2D eigenvalue weighted by molar-refractivity contribution is 5.83. The summed E-state index contributed by atoms with van der Waals surface area (Å²) in [7, 11) is 0. The third kappa shape index (κ3) is 7.03. The van der Waals surface area contributed by atoms with E-state index in [4.69, 9.17) is 13.9 Å². The molecule has 12 heteroatoms. The zero-order chi connectivity index (χ0) is 34.5. The number of fused-ring (bicyclic) bond motifs is 1. The normalized spacial score (nSPS) is 24.8. The molecular weight excluding hydrogens is 622 g/mol. The van der Waals surface area contributed by atoms with Gasteiger partial charge in [0.2, 0.25) is 6.29 Å². The van der Waals surface area contributed by atoms with Crippen molar-refractivity contribution in [3.8, 4) is 22.6 Å². The summed E-state index contributed by atoms with van der Waals surface area (Å²) >= 11 is 0. The number of aliphatic carboxylic acids is 1. The van der Waals surface area contributed by atoms with E-state index in [1.165, 1.54) is 36.6 Å². The second-order valence-corrected chi connectivity index (χ2v) is 12.0. The van der Waals surface area contributed by atoms with Gasteiger partial charge in [0.15, 0.2) is 29.0 Å². The van der Waals surface area contributed by atoms with E-state index in [2.05, 4.69) is 11.4 Å². The van der Waals surface area contributed by atoms with Gasteiger partial charge in [-0.1, -0.05) is 61.5 Å². The lowest BCUT2D eigenvalue weighted by Crippen LogP contribution is -2.79. The number of aliphatic hydroxyl groups is 3. The summed E-state index contributed by atoms with van der Waals surface area (Å²) in [5.41, 5.74) is -4.16. The van der Waals surface area contributed by atoms with Gasteiger partial charge in [-0.3, -0.25) is 9.59 Å². The lowest BCUT2D eigenvalue weighted by Gasteiger charge is -2.51. The number of ether oxygens (including phenoxy) is 2. The molecule has 1 aromatic heterocycles. The van der Waals surface area contributed by atoms with Crippen LogP contribution in [-0.2, 0) is 14.3 Å². The van der Waals surface area contributed by atoms with E-state index < -0.39 is 42.2 Å². The van der Waals surface area contributed by atoms with Crippen molar-refractivity contribution in [1.82, 2.24) is 5.32 Å². The van der Waals surface area contributed by atoms with E-state index in [1.807, 2.05) is 43.3 Å². The zero-order valence-corrected chi connectivity index (χ0v) is 26.1. The Labute approximate surface area is 275 Å². The van der Waals surface area contributed by atoms with Crippen LogP contribution in [0.5, 0.6) is 11.5 Å². The molecule has 2 heterocycles. The van der Waals surface area contributed by atoms with E-state index in [0.717, 1.165) is 12.0 Å². The van der Waals surface area contributed by atoms with Crippen molar-refractivity contribution in [3.05, 3.63) is 101 Å². The standard InChI is InChI=1S/C36H37NO11/c1-22(6-5-9-23-7-3-2-4-8-23)16-17-37-20-35(44)34(48-31(33(42)43)32(41)36(35,45)21-38)47-26-14-15-27-29(18-26)46-19-28(30(27)40)24-10-12-25(39)13-11-24/h2-5,7-15,18-19,21-22,31-32,34,37,39,41,44-45H,6,16-17,20H2,1H3,(H,42,43)/t22-,31-,32+,34+,35+,36-/m0/s1. The van der Waals surface area contributed by atoms with Crippen LogP contribution < -0.4 is 15.5 Å². The van der Waals surface area contributed by atoms with Crippen LogP contribution in [-0.4, -0.2) is 80.6 Å². The van der Waals surface area contributed by atoms with Crippen LogP contribution in [0.3, 0.4) is 0 Å². The Balaban J connectivity index is 1.34. The number of aromatic hydroxyl groups is 1. The van der Waals surface area contributed by atoms with Crippen molar-refractivity contribution in [2.75, 3.05) is 13.1 Å². The third-order valence-electron chi connectivity index (χ3n) is 8.54. The Hall–Kier alpha value is -4.85. The van der Waals surface area contributed by atoms with Crippen LogP contribution >= 0.6 is 0 Å². The van der Waals surface area contributed by atoms with Crippen molar-refractivity contribution in [2.24, 2.45) is 5.92 Å². The lowest BCUT2D eigenvalue weighted by atomic mass is 9.74. The van der Waals surface area contributed by atoms with Crippen LogP contribution in [0.2, 0.25) is 0 Å². The minimum Gasteiger partial charge on any atom is -0.508 e. The number of nitrogens with one attached hydrogen (secondary N) is 1. The van der Waals surface area contributed by atoms with Gasteiger partial charge >= 0.3 is 5.97 Å². The first kappa shape index (κ1) is 34.5. The van der Waals surface area contributed by atoms with Gasteiger partial charge in [-0.15, -0.1) is 0 Å². The summed E-state index contributed by atoms with van der Waals surface area (Å²) in [6, 6.07) is 19.9. The van der Waals surface area contributed by atoms with Crippen LogP contribution in [0.25, 0.3) is 28.2 Å². The molecule has 1 fully saturated rings. The Bertz CT molecular complexity index is 1820. The van der Waals surface area contributed by atoms with Gasteiger partial charge in [0.1, 0.15) is 29.4 Å². The molecule has 4 aromatic rings. The largest absolute Gasteiger partial charge is 0.508 e. The fourth-order valence-corrected chi connectivity index (χ4v) is 5.60. The SMILES string of the molecule is C[C@@H](CC=Cc1ccccc1)CCNC[C@@]1(O)[C@H](Oc2ccc3c(=O)c(-c4ccc(O)cc4)coc3c2)O[C@H](C(=O)O)[C@@H](O)[C@@]1(O)C=O. The summed E-state index contributed by atoms with van der Waals surface area (Å²) < 4.78 is 17.0. The highest BCUT2D eigenvalue weighted by atomic mass is 16.7. The van der Waals surface area contributed by atoms with Crippen LogP contribution in [0.4, 0.5) is 0 Å². The molecule has 0 unspecified atom stereocenters. The van der Waals surface area contributed by atoms with E-state index in [9.17, 15) is 39.9 Å². The Morgan fingerprint density at radius 2 is 1.81 bits per heavy atom. The molecule has 48 heavy (non-hydrogen) atoms. The summed E-state index contributed by atoms with van der Waals surface area (Å²) in [5.74, 6) is -1.50. The fraction of sp³-hybridized carbons (Fsp3) is 0.306. The van der Waals surface area contributed by atoms with Crippen LogP contribution in [0.15, 0.2) is 94.3 Å². The number of carbonyl (C=O) groups excluding carboxylic acids is 1. The average molecular weight is 660 g/mol. The molecule has 252 valence electrons. The topological polar surface area (TPSA) is 196 Å². The van der Waals surface area contributed by atoms with Gasteiger partial charge in [-0.25, -0.2) is 4.79 Å². The number of allylic oxidation sites excluding steroid dienone is 1. The molecule has 6 N–H and O–H groups in total. The molecule has 0 aliphatic carbocycles. The number of carbonyl (C=O) groups is 2. The monoisotopic (exact) mass is 659 g/mol. The minimum atomic E-state index is -3.02. The molecule has 0 saturated carbocycles. The number of aldehydes is 1. The van der Waals surface area contributed by atoms with E-state index in [-0.39, 0.29) is 45.7 Å². The first-order valence-electron chi connectivity index (χ1n) is 15.4. The molecule has 0 bridgehead atoms. The van der Waals surface area contributed by atoms with Crippen molar-refractivity contribution < 1.29 is 49.0 Å². The molecule has 0 spiro atoms. The van der Waals surface area contributed by atoms with Gasteiger partial charge in [0, 0.05) is 12.6 Å². The van der Waals surface area contributed by atoms with E-state index in [1.54, 1.807) is 12.1 Å². The van der Waals surface area contributed by atoms with Crippen molar-refractivity contribution in [1.29, 1.82) is 0 Å². The number of phenols is 1. The number of rotatable bonds is 13. The Morgan fingerprint density at radius 1 is 1.08 bits per heavy atom. The maximum atomic E-state index is 13.2. The summed E-state index contributed by atoms with van der Waals surface area (Å²) in [6.07, 6.45) is 0.149. The number of benzene rings is 3. The molecule has 0 amide bonds.